The number of aliphatic hydroxyl groups is 1. The Kier molecular flexibility index (Phi) is 16.7. The molecule has 53 heavy (non-hydrogen) atoms. The maximum Gasteiger partial charge on any atom is 0.245 e. The summed E-state index contributed by atoms with van der Waals surface area (Å²) in [4.78, 5) is 59.2. The summed E-state index contributed by atoms with van der Waals surface area (Å²) in [6.07, 6.45) is 1.49. The number of benzene rings is 1. The number of likely N-dealkylation sites (N-methyl/N-ethyl adjacent to an activating group) is 2. The quantitative estimate of drug-likeness (QED) is 0.145. The number of likely N-dealkylation sites (tertiary alicyclic amines) is 1. The minimum atomic E-state index is -0.866. The van der Waals surface area contributed by atoms with Crippen LogP contribution >= 0.6 is 12.8 Å². The molecule has 1 saturated carbocycles. The molecular formula is C40H67N5O7S. The van der Waals surface area contributed by atoms with Gasteiger partial charge >= 0.3 is 0 Å². The monoisotopic (exact) mass is 761 g/mol. The van der Waals surface area contributed by atoms with Crippen LogP contribution < -0.4 is 10.6 Å². The van der Waals surface area contributed by atoms with E-state index in [1.54, 1.807) is 44.4 Å². The molecule has 1 aromatic carbocycles. The summed E-state index contributed by atoms with van der Waals surface area (Å²) in [6, 6.07) is 6.65. The van der Waals surface area contributed by atoms with Gasteiger partial charge in [-0.05, 0) is 63.0 Å². The topological polar surface area (TPSA) is 141 Å². The van der Waals surface area contributed by atoms with E-state index >= 15 is 0 Å². The van der Waals surface area contributed by atoms with Gasteiger partial charge in [0.05, 0.1) is 48.3 Å². The van der Waals surface area contributed by atoms with Gasteiger partial charge in [-0.15, -0.1) is 0 Å². The Labute approximate surface area is 323 Å². The standard InChI is InChI=1S/C40H67N5O7S/c1-12-26(6)34(43(8)38(49)32(24(2)3)42-37(48)33(25(4)5)44(9)53)30(51-10)23-31(46)45-22-16-19-29(45)36(52-11)40(20-21-40)39(50)41-27(7)35(47)28-17-14-13-15-18-28/h13-15,17-18,24-27,29-30,32-36,47,53H,12,16,19-23H2,1-11H3,(H,41,50)(H,42,48)/t26-,27+,29-,30+,32-,33-,34-,35+,36-/m0/s1. The van der Waals surface area contributed by atoms with E-state index in [0.717, 1.165) is 18.4 Å². The Morgan fingerprint density at radius 3 is 2.09 bits per heavy atom. The predicted octanol–water partition coefficient (Wildman–Crippen LogP) is 4.23. The van der Waals surface area contributed by atoms with E-state index in [9.17, 15) is 24.3 Å². The number of amides is 4. The molecule has 3 rings (SSSR count). The Morgan fingerprint density at radius 2 is 1.60 bits per heavy atom. The molecule has 0 radical (unpaired) electrons. The minimum Gasteiger partial charge on any atom is -0.386 e. The number of nitrogens with zero attached hydrogens (tertiary/aromatic N) is 3. The van der Waals surface area contributed by atoms with Gasteiger partial charge in [-0.2, -0.15) is 0 Å². The third-order valence-electron chi connectivity index (χ3n) is 11.6. The van der Waals surface area contributed by atoms with Crippen molar-refractivity contribution in [2.24, 2.45) is 23.2 Å². The number of rotatable bonds is 20. The lowest BCUT2D eigenvalue weighted by atomic mass is 9.88. The first-order valence-corrected chi connectivity index (χ1v) is 19.7. The molecule has 3 N–H and O–H groups in total. The minimum absolute atomic E-state index is 0.0232. The summed E-state index contributed by atoms with van der Waals surface area (Å²) >= 11 is 4.39. The molecule has 1 aromatic rings. The van der Waals surface area contributed by atoms with Gasteiger partial charge in [0.2, 0.25) is 23.6 Å². The van der Waals surface area contributed by atoms with Crippen LogP contribution in [0.2, 0.25) is 0 Å². The first kappa shape index (κ1) is 44.7. The molecule has 1 aliphatic heterocycles. The Bertz CT molecular complexity index is 1350. The lowest BCUT2D eigenvalue weighted by Crippen LogP contribution is -2.59. The first-order chi connectivity index (χ1) is 25.0. The lowest BCUT2D eigenvalue weighted by Gasteiger charge is -2.41. The highest BCUT2D eigenvalue weighted by molar-refractivity contribution is 7.77. The zero-order valence-electron chi connectivity index (χ0n) is 33.9. The van der Waals surface area contributed by atoms with E-state index in [2.05, 4.69) is 23.4 Å². The van der Waals surface area contributed by atoms with Gasteiger partial charge in [0, 0.05) is 27.8 Å². The molecule has 1 saturated heterocycles. The van der Waals surface area contributed by atoms with Gasteiger partial charge in [-0.3, -0.25) is 19.2 Å². The van der Waals surface area contributed by atoms with Crippen molar-refractivity contribution in [2.45, 2.75) is 136 Å². The number of carbonyl (C=O) groups excluding carboxylic acids is 4. The molecule has 12 nitrogen and oxygen atoms in total. The molecule has 4 amide bonds. The molecule has 1 aliphatic carbocycles. The summed E-state index contributed by atoms with van der Waals surface area (Å²) < 4.78 is 13.7. The number of hydrogen-bond acceptors (Lipinski definition) is 9. The van der Waals surface area contributed by atoms with Crippen molar-refractivity contribution in [3.8, 4) is 0 Å². The molecule has 300 valence electrons. The van der Waals surface area contributed by atoms with E-state index in [-0.39, 0.29) is 53.8 Å². The van der Waals surface area contributed by atoms with Crippen LogP contribution in [0.3, 0.4) is 0 Å². The highest BCUT2D eigenvalue weighted by Gasteiger charge is 2.60. The largest absolute Gasteiger partial charge is 0.386 e. The average molecular weight is 762 g/mol. The second-order valence-corrected chi connectivity index (χ2v) is 16.7. The van der Waals surface area contributed by atoms with Crippen LogP contribution in [0.15, 0.2) is 30.3 Å². The van der Waals surface area contributed by atoms with Crippen molar-refractivity contribution >= 4 is 36.4 Å². The van der Waals surface area contributed by atoms with Crippen LogP contribution in [0.4, 0.5) is 0 Å². The molecule has 13 heteroatoms. The maximum atomic E-state index is 14.3. The van der Waals surface area contributed by atoms with E-state index < -0.39 is 47.9 Å². The fraction of sp³-hybridized carbons (Fsp3) is 0.750. The van der Waals surface area contributed by atoms with Gasteiger partial charge in [-0.1, -0.05) is 91.1 Å². The number of ether oxygens (including phenoxy) is 2. The number of hydrogen-bond donors (Lipinski definition) is 4. The predicted molar refractivity (Wildman–Crippen MR) is 210 cm³/mol. The summed E-state index contributed by atoms with van der Waals surface area (Å²) in [5.41, 5.74) is -0.0751. The molecule has 2 fully saturated rings. The first-order valence-electron chi connectivity index (χ1n) is 19.3. The van der Waals surface area contributed by atoms with Gasteiger partial charge in [0.25, 0.3) is 0 Å². The van der Waals surface area contributed by atoms with Crippen LogP contribution in [0.1, 0.15) is 98.7 Å². The lowest BCUT2D eigenvalue weighted by molar-refractivity contribution is -0.148. The third kappa shape index (κ3) is 10.5. The zero-order valence-corrected chi connectivity index (χ0v) is 34.8. The highest BCUT2D eigenvalue weighted by Crippen LogP contribution is 2.53. The molecule has 9 atom stereocenters. The fourth-order valence-corrected chi connectivity index (χ4v) is 8.58. The Morgan fingerprint density at radius 1 is 0.981 bits per heavy atom. The Balaban J connectivity index is 1.79. The zero-order chi connectivity index (χ0) is 39.8. The molecule has 0 unspecified atom stereocenters. The molecule has 2 aliphatic rings. The number of carbonyl (C=O) groups is 4. The number of nitrogens with one attached hydrogen (secondary N) is 2. The average Bonchev–Trinajstić information content (AvgIpc) is 3.78. The van der Waals surface area contributed by atoms with Crippen LogP contribution in [-0.4, -0.2) is 120 Å². The van der Waals surface area contributed by atoms with Crippen LogP contribution in [0, 0.1) is 23.2 Å². The second-order valence-electron chi connectivity index (χ2n) is 16.0. The molecule has 0 aromatic heterocycles. The highest BCUT2D eigenvalue weighted by atomic mass is 32.1. The summed E-state index contributed by atoms with van der Waals surface area (Å²) in [7, 11) is 6.62. The molecule has 0 bridgehead atoms. The molecular weight excluding hydrogens is 695 g/mol. The number of aliphatic hydroxyl groups excluding tert-OH is 1. The third-order valence-corrected chi connectivity index (χ3v) is 11.8. The van der Waals surface area contributed by atoms with Crippen molar-refractivity contribution in [1.82, 2.24) is 24.7 Å². The van der Waals surface area contributed by atoms with Crippen molar-refractivity contribution in [3.63, 3.8) is 0 Å². The molecule has 0 spiro atoms. The van der Waals surface area contributed by atoms with E-state index in [1.165, 1.54) is 0 Å². The fourth-order valence-electron chi connectivity index (χ4n) is 8.21. The van der Waals surface area contributed by atoms with Crippen molar-refractivity contribution < 1.29 is 33.8 Å². The van der Waals surface area contributed by atoms with Crippen molar-refractivity contribution in [1.29, 1.82) is 0 Å². The number of methoxy groups -OCH3 is 2. The van der Waals surface area contributed by atoms with Crippen molar-refractivity contribution in [3.05, 3.63) is 35.9 Å². The smallest absolute Gasteiger partial charge is 0.245 e. The molecule has 1 heterocycles. The summed E-state index contributed by atoms with van der Waals surface area (Å²) in [5.74, 6) is -1.06. The van der Waals surface area contributed by atoms with Crippen molar-refractivity contribution in [2.75, 3.05) is 34.9 Å². The van der Waals surface area contributed by atoms with Crippen LogP contribution in [-0.2, 0) is 28.7 Å². The van der Waals surface area contributed by atoms with E-state index in [4.69, 9.17) is 9.47 Å². The van der Waals surface area contributed by atoms with Gasteiger partial charge < -0.3 is 35.0 Å². The van der Waals surface area contributed by atoms with Gasteiger partial charge in [0.1, 0.15) is 12.1 Å². The van der Waals surface area contributed by atoms with E-state index in [1.807, 2.05) is 76.8 Å². The van der Waals surface area contributed by atoms with Gasteiger partial charge in [0.15, 0.2) is 0 Å². The van der Waals surface area contributed by atoms with Gasteiger partial charge in [-0.25, -0.2) is 4.31 Å². The summed E-state index contributed by atoms with van der Waals surface area (Å²) in [5, 5.41) is 17.0. The van der Waals surface area contributed by atoms with Crippen LogP contribution in [0.25, 0.3) is 0 Å². The second kappa shape index (κ2) is 19.7. The van der Waals surface area contributed by atoms with E-state index in [0.29, 0.717) is 25.8 Å². The summed E-state index contributed by atoms with van der Waals surface area (Å²) in [6.45, 7) is 14.1. The Hall–Kier alpha value is -2.71. The van der Waals surface area contributed by atoms with Crippen LogP contribution in [0.5, 0.6) is 0 Å². The SMILES string of the molecule is CC[C@H](C)[C@@H]([C@@H](CC(=O)N1CCC[C@H]1[C@H](OC)C1(C(=O)N[C@H](C)[C@@H](O)c2ccccc2)CC1)OC)N(C)C(=O)[C@@H](NC(=O)[C@H](C(C)C)N(C)S)C(C)C. The normalized spacial score (nSPS) is 21.4. The maximum absolute atomic E-state index is 14.3. The number of thiol groups is 1.